The van der Waals surface area contributed by atoms with Gasteiger partial charge in [-0.25, -0.2) is 4.98 Å². The number of halogens is 1. The fourth-order valence-corrected chi connectivity index (χ4v) is 4.27. The van der Waals surface area contributed by atoms with Gasteiger partial charge in [-0.3, -0.25) is 9.59 Å². The molecule has 1 atom stereocenters. The molecule has 26 heavy (non-hydrogen) atoms. The number of carbonyl (C=O) groups is 2. The summed E-state index contributed by atoms with van der Waals surface area (Å²) in [5.41, 5.74) is 0.480. The first kappa shape index (κ1) is 18.8. The third-order valence-corrected chi connectivity index (χ3v) is 5.82. The van der Waals surface area contributed by atoms with Crippen LogP contribution >= 0.6 is 22.9 Å². The molecule has 3 rings (SSSR count). The Kier molecular flexibility index (Phi) is 5.60. The number of aromatic nitrogens is 1. The molecule has 0 bridgehead atoms. The molecule has 1 aliphatic heterocycles. The lowest BCUT2D eigenvalue weighted by atomic mass is 9.88. The summed E-state index contributed by atoms with van der Waals surface area (Å²) in [6.07, 6.45) is 0.535. The second-order valence-corrected chi connectivity index (χ2v) is 7.65. The number of nitrogens with zero attached hydrogens (tertiary/aromatic N) is 2. The fraction of sp³-hybridized carbons (Fsp3) is 0.389. The van der Waals surface area contributed by atoms with Gasteiger partial charge in [0.1, 0.15) is 10.4 Å². The van der Waals surface area contributed by atoms with Gasteiger partial charge in [0, 0.05) is 31.1 Å². The number of amides is 1. The lowest BCUT2D eigenvalue weighted by Crippen LogP contribution is -2.40. The Balaban J connectivity index is 1.68. The van der Waals surface area contributed by atoms with Crippen LogP contribution in [-0.2, 0) is 20.7 Å². The summed E-state index contributed by atoms with van der Waals surface area (Å²) < 4.78 is 5.06. The van der Waals surface area contributed by atoms with Gasteiger partial charge in [-0.1, -0.05) is 29.8 Å². The first-order valence-electron chi connectivity index (χ1n) is 8.14. The highest BCUT2D eigenvalue weighted by Gasteiger charge is 2.46. The number of methoxy groups -OCH3 is 1. The Morgan fingerprint density at radius 3 is 2.88 bits per heavy atom. The predicted molar refractivity (Wildman–Crippen MR) is 99.4 cm³/mol. The number of rotatable bonds is 6. The molecular weight excluding hydrogens is 376 g/mol. The number of carbonyl (C=O) groups excluding carboxylic acids is 1. The lowest BCUT2D eigenvalue weighted by Gasteiger charge is -2.23. The monoisotopic (exact) mass is 394 g/mol. The van der Waals surface area contributed by atoms with Gasteiger partial charge in [-0.05, 0) is 12.5 Å². The van der Waals surface area contributed by atoms with E-state index in [1.54, 1.807) is 11.0 Å². The molecule has 1 amide bonds. The Hall–Kier alpha value is -1.96. The minimum atomic E-state index is -1.02. The minimum absolute atomic E-state index is 0.0967. The predicted octanol–water partition coefficient (Wildman–Crippen LogP) is 2.96. The van der Waals surface area contributed by atoms with Crippen molar-refractivity contribution in [2.75, 3.05) is 26.8 Å². The first-order chi connectivity index (χ1) is 12.4. The number of carboxylic acids is 1. The summed E-state index contributed by atoms with van der Waals surface area (Å²) in [7, 11) is 1.47. The van der Waals surface area contributed by atoms with E-state index in [2.05, 4.69) is 4.98 Å². The highest BCUT2D eigenvalue weighted by molar-refractivity contribution is 7.13. The smallest absolute Gasteiger partial charge is 0.313 e. The summed E-state index contributed by atoms with van der Waals surface area (Å²) >= 11 is 7.63. The van der Waals surface area contributed by atoms with E-state index in [-0.39, 0.29) is 25.5 Å². The molecule has 1 N–H and O–H groups in total. The van der Waals surface area contributed by atoms with Crippen LogP contribution in [0.4, 0.5) is 0 Å². The molecule has 0 saturated carbocycles. The van der Waals surface area contributed by atoms with Crippen molar-refractivity contribution < 1.29 is 19.4 Å². The van der Waals surface area contributed by atoms with Crippen LogP contribution in [0, 0.1) is 5.41 Å². The van der Waals surface area contributed by atoms with Crippen LogP contribution < -0.4 is 0 Å². The van der Waals surface area contributed by atoms with Crippen molar-refractivity contribution in [3.63, 3.8) is 0 Å². The third kappa shape index (κ3) is 3.75. The summed E-state index contributed by atoms with van der Waals surface area (Å²) in [6.45, 7) is 0.673. The second-order valence-electron chi connectivity index (χ2n) is 6.38. The fourth-order valence-electron chi connectivity index (χ4n) is 3.13. The maximum Gasteiger partial charge on any atom is 0.313 e. The zero-order chi connectivity index (χ0) is 18.7. The molecule has 1 saturated heterocycles. The van der Waals surface area contributed by atoms with Crippen LogP contribution in [0.3, 0.4) is 0 Å². The molecule has 0 spiro atoms. The topological polar surface area (TPSA) is 79.7 Å². The molecule has 1 aromatic heterocycles. The number of hydrogen-bond donors (Lipinski definition) is 1. The second kappa shape index (κ2) is 7.73. The van der Waals surface area contributed by atoms with Gasteiger partial charge >= 0.3 is 5.97 Å². The van der Waals surface area contributed by atoms with E-state index in [0.717, 1.165) is 10.6 Å². The summed E-state index contributed by atoms with van der Waals surface area (Å²) in [5, 5.41) is 12.7. The zero-order valence-corrected chi connectivity index (χ0v) is 15.8. The number of thiazole rings is 1. The Morgan fingerprint density at radius 2 is 2.19 bits per heavy atom. The number of ether oxygens (including phenoxy) is 1. The van der Waals surface area contributed by atoms with Crippen LogP contribution in [0.1, 0.15) is 12.1 Å². The van der Waals surface area contributed by atoms with Crippen LogP contribution in [0.5, 0.6) is 0 Å². The van der Waals surface area contributed by atoms with Crippen molar-refractivity contribution in [2.24, 2.45) is 5.41 Å². The molecule has 1 fully saturated rings. The lowest BCUT2D eigenvalue weighted by molar-refractivity contribution is -0.151. The van der Waals surface area contributed by atoms with E-state index in [9.17, 15) is 14.7 Å². The van der Waals surface area contributed by atoms with Crippen LogP contribution in [0.2, 0.25) is 5.02 Å². The Labute approximate surface area is 160 Å². The van der Waals surface area contributed by atoms with Gasteiger partial charge in [0.05, 0.1) is 23.7 Å². The number of hydrogen-bond acceptors (Lipinski definition) is 5. The van der Waals surface area contributed by atoms with E-state index in [0.29, 0.717) is 23.7 Å². The van der Waals surface area contributed by atoms with Gasteiger partial charge < -0.3 is 14.7 Å². The van der Waals surface area contributed by atoms with E-state index in [1.807, 2.05) is 23.6 Å². The molecule has 0 aliphatic carbocycles. The SMILES string of the molecule is COCC1(C(=O)O)CCN(C(=O)Cc2csc(-c3ccccc3Cl)n2)C1. The molecule has 138 valence electrons. The number of likely N-dealkylation sites (tertiary alicyclic amines) is 1. The van der Waals surface area contributed by atoms with Crippen molar-refractivity contribution in [1.82, 2.24) is 9.88 Å². The van der Waals surface area contributed by atoms with Crippen molar-refractivity contribution in [1.29, 1.82) is 0 Å². The van der Waals surface area contributed by atoms with E-state index in [1.165, 1.54) is 18.4 Å². The standard InChI is InChI=1S/C18H19ClN2O4S/c1-25-11-18(17(23)24)6-7-21(10-18)15(22)8-12-9-26-16(20-12)13-4-2-3-5-14(13)19/h2-5,9H,6-8,10-11H2,1H3,(H,23,24). The highest BCUT2D eigenvalue weighted by Crippen LogP contribution is 2.33. The largest absolute Gasteiger partial charge is 0.481 e. The average Bonchev–Trinajstić information content (AvgIpc) is 3.24. The molecule has 1 aromatic carbocycles. The van der Waals surface area contributed by atoms with Gasteiger partial charge in [-0.2, -0.15) is 0 Å². The summed E-state index contributed by atoms with van der Waals surface area (Å²) in [5.74, 6) is -1.05. The molecule has 1 unspecified atom stereocenters. The van der Waals surface area contributed by atoms with E-state index in [4.69, 9.17) is 16.3 Å². The van der Waals surface area contributed by atoms with Crippen LogP contribution in [0.15, 0.2) is 29.6 Å². The zero-order valence-electron chi connectivity index (χ0n) is 14.3. The van der Waals surface area contributed by atoms with Crippen molar-refractivity contribution in [2.45, 2.75) is 12.8 Å². The normalized spacial score (nSPS) is 19.7. The maximum absolute atomic E-state index is 12.6. The van der Waals surface area contributed by atoms with Crippen molar-refractivity contribution >= 4 is 34.8 Å². The number of benzene rings is 1. The van der Waals surface area contributed by atoms with E-state index < -0.39 is 11.4 Å². The Morgan fingerprint density at radius 1 is 1.42 bits per heavy atom. The molecule has 6 nitrogen and oxygen atoms in total. The van der Waals surface area contributed by atoms with Gasteiger partial charge in [0.25, 0.3) is 0 Å². The van der Waals surface area contributed by atoms with Gasteiger partial charge in [0.2, 0.25) is 5.91 Å². The number of aliphatic carboxylic acids is 1. The van der Waals surface area contributed by atoms with Gasteiger partial charge in [0.15, 0.2) is 0 Å². The molecule has 1 aliphatic rings. The average molecular weight is 395 g/mol. The molecule has 0 radical (unpaired) electrons. The van der Waals surface area contributed by atoms with Crippen LogP contribution in [0.25, 0.3) is 10.6 Å². The minimum Gasteiger partial charge on any atom is -0.481 e. The van der Waals surface area contributed by atoms with E-state index >= 15 is 0 Å². The quantitative estimate of drug-likeness (QED) is 0.814. The molecule has 2 aromatic rings. The third-order valence-electron chi connectivity index (χ3n) is 4.57. The summed E-state index contributed by atoms with van der Waals surface area (Å²) in [4.78, 5) is 30.3. The Bertz CT molecular complexity index is 825. The molecular formula is C18H19ClN2O4S. The highest BCUT2D eigenvalue weighted by atomic mass is 35.5. The van der Waals surface area contributed by atoms with Crippen molar-refractivity contribution in [3.05, 3.63) is 40.4 Å². The van der Waals surface area contributed by atoms with Crippen molar-refractivity contribution in [3.8, 4) is 10.6 Å². The van der Waals surface area contributed by atoms with Crippen LogP contribution in [-0.4, -0.2) is 53.7 Å². The molecule has 2 heterocycles. The van der Waals surface area contributed by atoms with Gasteiger partial charge in [-0.15, -0.1) is 11.3 Å². The maximum atomic E-state index is 12.6. The number of carboxylic acid groups (broad SMARTS) is 1. The molecule has 8 heteroatoms. The first-order valence-corrected chi connectivity index (χ1v) is 9.40. The summed E-state index contributed by atoms with van der Waals surface area (Å²) in [6, 6.07) is 7.43.